The predicted octanol–water partition coefficient (Wildman–Crippen LogP) is 0.691. The summed E-state index contributed by atoms with van der Waals surface area (Å²) in [6.07, 6.45) is 0.360. The van der Waals surface area contributed by atoms with Gasteiger partial charge in [0, 0.05) is 30.8 Å². The van der Waals surface area contributed by atoms with E-state index in [1.807, 2.05) is 0 Å². The highest BCUT2D eigenvalue weighted by molar-refractivity contribution is 7.91. The van der Waals surface area contributed by atoms with Crippen LogP contribution in [0.25, 0.3) is 0 Å². The number of carboxylic acids is 1. The molecule has 0 bridgehead atoms. The first-order valence-electron chi connectivity index (χ1n) is 7.33. The Morgan fingerprint density at radius 2 is 2.21 bits per heavy atom. The Balaban J connectivity index is 2.00. The van der Waals surface area contributed by atoms with E-state index in [2.05, 4.69) is 5.10 Å². The topological polar surface area (TPSA) is 113 Å². The Morgan fingerprint density at radius 3 is 2.79 bits per heavy atom. The Hall–Kier alpha value is -1.75. The smallest absolute Gasteiger partial charge is 0.356 e. The number of aliphatic hydroxyl groups excluding tert-OH is 1. The minimum Gasteiger partial charge on any atom is -0.476 e. The molecule has 1 aliphatic rings. The number of hydrogen-bond donors (Lipinski definition) is 2. The molecule has 2 N–H and O–H groups in total. The summed E-state index contributed by atoms with van der Waals surface area (Å²) in [7, 11) is -3.67. The molecule has 130 valence electrons. The number of nitrogens with zero attached hydrogens (tertiary/aromatic N) is 3. The first kappa shape index (κ1) is 17.1. The zero-order valence-electron chi connectivity index (χ0n) is 13.0. The summed E-state index contributed by atoms with van der Waals surface area (Å²) in [6.45, 7) is 1.99. The van der Waals surface area contributed by atoms with Crippen LogP contribution in [0.3, 0.4) is 0 Å². The van der Waals surface area contributed by atoms with E-state index in [4.69, 9.17) is 5.11 Å². The molecule has 0 saturated heterocycles. The fourth-order valence-corrected chi connectivity index (χ4v) is 5.82. The van der Waals surface area contributed by atoms with Crippen molar-refractivity contribution in [3.8, 4) is 0 Å². The number of hydrogen-bond acceptors (Lipinski definition) is 6. The standard InChI is InChI=1S/C14H17N3O5S2/c1-9-3-7-23-14(9)24(21,22)16-4-2-11-10(8-16)12(13(19)20)15-17(11)5-6-18/h3,7,18H,2,4-6,8H2,1H3,(H,19,20). The number of aromatic nitrogens is 2. The van der Waals surface area contributed by atoms with Crippen LogP contribution in [-0.4, -0.2) is 51.8 Å². The molecule has 0 atom stereocenters. The van der Waals surface area contributed by atoms with Crippen LogP contribution in [0.15, 0.2) is 15.7 Å². The minimum absolute atomic E-state index is 0.0257. The molecule has 0 spiro atoms. The van der Waals surface area contributed by atoms with E-state index in [-0.39, 0.29) is 36.1 Å². The van der Waals surface area contributed by atoms with Gasteiger partial charge in [-0.3, -0.25) is 4.68 Å². The number of sulfonamides is 1. The van der Waals surface area contributed by atoms with E-state index in [1.54, 1.807) is 18.4 Å². The highest BCUT2D eigenvalue weighted by atomic mass is 32.2. The van der Waals surface area contributed by atoms with E-state index >= 15 is 0 Å². The lowest BCUT2D eigenvalue weighted by atomic mass is 10.1. The van der Waals surface area contributed by atoms with Crippen LogP contribution in [-0.2, 0) is 29.5 Å². The average Bonchev–Trinajstić information content (AvgIpc) is 3.12. The van der Waals surface area contributed by atoms with E-state index in [9.17, 15) is 18.3 Å². The van der Waals surface area contributed by atoms with Crippen molar-refractivity contribution < 1.29 is 23.4 Å². The summed E-state index contributed by atoms with van der Waals surface area (Å²) in [5.41, 5.74) is 1.61. The van der Waals surface area contributed by atoms with Gasteiger partial charge in [0.1, 0.15) is 4.21 Å². The zero-order chi connectivity index (χ0) is 17.5. The third-order valence-corrected chi connectivity index (χ3v) is 7.51. The number of carbonyl (C=O) groups is 1. The lowest BCUT2D eigenvalue weighted by Crippen LogP contribution is -2.36. The Morgan fingerprint density at radius 1 is 1.46 bits per heavy atom. The number of aromatic carboxylic acids is 1. The van der Waals surface area contributed by atoms with Crippen LogP contribution in [0.5, 0.6) is 0 Å². The first-order chi connectivity index (χ1) is 11.4. The van der Waals surface area contributed by atoms with Gasteiger partial charge in [-0.2, -0.15) is 9.40 Å². The normalized spacial score (nSPS) is 15.4. The molecule has 3 heterocycles. The van der Waals surface area contributed by atoms with Gasteiger partial charge >= 0.3 is 5.97 Å². The summed E-state index contributed by atoms with van der Waals surface area (Å²) in [5.74, 6) is -1.20. The molecule has 24 heavy (non-hydrogen) atoms. The molecule has 0 saturated carbocycles. The lowest BCUT2D eigenvalue weighted by molar-refractivity contribution is 0.0687. The summed E-state index contributed by atoms with van der Waals surface area (Å²) >= 11 is 1.16. The molecule has 3 rings (SSSR count). The second kappa shape index (κ2) is 6.28. The lowest BCUT2D eigenvalue weighted by Gasteiger charge is -2.26. The highest BCUT2D eigenvalue weighted by Crippen LogP contribution is 2.31. The number of aliphatic hydroxyl groups is 1. The Labute approximate surface area is 143 Å². The molecule has 1 aliphatic heterocycles. The van der Waals surface area contributed by atoms with Crippen molar-refractivity contribution in [2.75, 3.05) is 13.2 Å². The fraction of sp³-hybridized carbons (Fsp3) is 0.429. The van der Waals surface area contributed by atoms with Crippen LogP contribution in [0.2, 0.25) is 0 Å². The molecule has 0 aliphatic carbocycles. The van der Waals surface area contributed by atoms with E-state index in [0.717, 1.165) is 11.3 Å². The van der Waals surface area contributed by atoms with E-state index < -0.39 is 16.0 Å². The van der Waals surface area contributed by atoms with Gasteiger partial charge in [0.2, 0.25) is 0 Å². The van der Waals surface area contributed by atoms with Crippen LogP contribution < -0.4 is 0 Å². The van der Waals surface area contributed by atoms with Gasteiger partial charge in [0.05, 0.1) is 13.2 Å². The molecule has 8 nitrogen and oxygen atoms in total. The van der Waals surface area contributed by atoms with Crippen molar-refractivity contribution >= 4 is 27.3 Å². The molecule has 0 unspecified atom stereocenters. The molecule has 10 heteroatoms. The van der Waals surface area contributed by atoms with Gasteiger partial charge in [0.15, 0.2) is 5.69 Å². The number of fused-ring (bicyclic) bond motifs is 1. The van der Waals surface area contributed by atoms with Crippen LogP contribution in [0, 0.1) is 6.92 Å². The van der Waals surface area contributed by atoms with Crippen molar-refractivity contribution in [3.05, 3.63) is 34.0 Å². The molecule has 0 amide bonds. The summed E-state index contributed by atoms with van der Waals surface area (Å²) in [4.78, 5) is 11.4. The maximum absolute atomic E-state index is 12.8. The fourth-order valence-electron chi connectivity index (χ4n) is 2.86. The van der Waals surface area contributed by atoms with Crippen molar-refractivity contribution in [1.82, 2.24) is 14.1 Å². The van der Waals surface area contributed by atoms with E-state index in [1.165, 1.54) is 8.99 Å². The third-order valence-electron chi connectivity index (χ3n) is 4.00. The zero-order valence-corrected chi connectivity index (χ0v) is 14.6. The van der Waals surface area contributed by atoms with E-state index in [0.29, 0.717) is 23.2 Å². The summed E-state index contributed by atoms with van der Waals surface area (Å²) < 4.78 is 28.7. The largest absolute Gasteiger partial charge is 0.476 e. The highest BCUT2D eigenvalue weighted by Gasteiger charge is 2.35. The predicted molar refractivity (Wildman–Crippen MR) is 86.6 cm³/mol. The van der Waals surface area contributed by atoms with Gasteiger partial charge in [-0.25, -0.2) is 13.2 Å². The Bertz CT molecular complexity index is 884. The van der Waals surface area contributed by atoms with Crippen LogP contribution in [0.4, 0.5) is 0 Å². The maximum atomic E-state index is 12.8. The average molecular weight is 371 g/mol. The van der Waals surface area contributed by atoms with Gasteiger partial charge in [-0.15, -0.1) is 11.3 Å². The maximum Gasteiger partial charge on any atom is 0.356 e. The molecular formula is C14H17N3O5S2. The van der Waals surface area contributed by atoms with Gasteiger partial charge in [-0.1, -0.05) is 0 Å². The van der Waals surface area contributed by atoms with Crippen molar-refractivity contribution in [2.24, 2.45) is 0 Å². The van der Waals surface area contributed by atoms with Crippen LogP contribution >= 0.6 is 11.3 Å². The monoisotopic (exact) mass is 371 g/mol. The molecule has 0 aromatic carbocycles. The molecule has 0 radical (unpaired) electrons. The molecule has 2 aromatic heterocycles. The number of rotatable bonds is 5. The SMILES string of the molecule is Cc1ccsc1S(=O)(=O)N1CCc2c(c(C(=O)O)nn2CCO)C1. The second-order valence-corrected chi connectivity index (χ2v) is 8.55. The number of carboxylic acid groups (broad SMARTS) is 1. The Kier molecular flexibility index (Phi) is 4.47. The molecule has 2 aromatic rings. The van der Waals surface area contributed by atoms with Gasteiger partial charge < -0.3 is 10.2 Å². The first-order valence-corrected chi connectivity index (χ1v) is 9.65. The third kappa shape index (κ3) is 2.75. The minimum atomic E-state index is -3.67. The number of thiophene rings is 1. The molecular weight excluding hydrogens is 354 g/mol. The van der Waals surface area contributed by atoms with Gasteiger partial charge in [0.25, 0.3) is 10.0 Å². The van der Waals surface area contributed by atoms with Crippen molar-refractivity contribution in [2.45, 2.75) is 30.6 Å². The number of aryl methyl sites for hydroxylation is 1. The summed E-state index contributed by atoms with van der Waals surface area (Å²) in [5, 5.41) is 24.2. The van der Waals surface area contributed by atoms with Crippen molar-refractivity contribution in [1.29, 1.82) is 0 Å². The second-order valence-electron chi connectivity index (χ2n) is 5.51. The quantitative estimate of drug-likeness (QED) is 0.800. The van der Waals surface area contributed by atoms with Crippen LogP contribution in [0.1, 0.15) is 27.3 Å². The van der Waals surface area contributed by atoms with Gasteiger partial charge in [-0.05, 0) is 23.9 Å². The van der Waals surface area contributed by atoms with Crippen molar-refractivity contribution in [3.63, 3.8) is 0 Å². The summed E-state index contributed by atoms with van der Waals surface area (Å²) in [6, 6.07) is 1.74. The molecule has 0 fully saturated rings.